The zero-order valence-corrected chi connectivity index (χ0v) is 8.36. The van der Waals surface area contributed by atoms with E-state index in [1.165, 1.54) is 0 Å². The molecule has 2 atom stereocenters. The van der Waals surface area contributed by atoms with Gasteiger partial charge in [0.05, 0.1) is 6.67 Å². The fraction of sp³-hybridized carbons (Fsp3) is 1.00. The molecule has 0 aromatic carbocycles. The largest absolute Gasteiger partial charge is 0.302 e. The maximum Gasteiger partial charge on any atom is 0.0906 e. The summed E-state index contributed by atoms with van der Waals surface area (Å²) in [4.78, 5) is 2.26. The van der Waals surface area contributed by atoms with Gasteiger partial charge in [-0.2, -0.15) is 0 Å². The van der Waals surface area contributed by atoms with Crippen LogP contribution in [-0.2, 0) is 0 Å². The van der Waals surface area contributed by atoms with Gasteiger partial charge in [0.15, 0.2) is 0 Å². The van der Waals surface area contributed by atoms with E-state index in [2.05, 4.69) is 11.8 Å². The average Bonchev–Trinajstić information content (AvgIpc) is 2.07. The molecular weight excluding hydrogens is 177 g/mol. The molecule has 3 heteroatoms. The van der Waals surface area contributed by atoms with Crippen molar-refractivity contribution in [3.8, 4) is 0 Å². The summed E-state index contributed by atoms with van der Waals surface area (Å²) in [7, 11) is 0. The summed E-state index contributed by atoms with van der Waals surface area (Å²) >= 11 is 6.11. The molecule has 0 bridgehead atoms. The van der Waals surface area contributed by atoms with Crippen LogP contribution < -0.4 is 0 Å². The lowest BCUT2D eigenvalue weighted by Gasteiger charge is -2.33. The third kappa shape index (κ3) is 2.91. The minimum atomic E-state index is -0.209. The van der Waals surface area contributed by atoms with Crippen molar-refractivity contribution >= 4 is 11.6 Å². The molecule has 1 heterocycles. The molecular formula is C9H17ClFN. The Hall–Kier alpha value is 0.180. The van der Waals surface area contributed by atoms with E-state index in [0.717, 1.165) is 26.1 Å². The number of rotatable bonds is 3. The number of hydrogen-bond acceptors (Lipinski definition) is 1. The van der Waals surface area contributed by atoms with E-state index in [9.17, 15) is 4.39 Å². The molecule has 1 rings (SSSR count). The van der Waals surface area contributed by atoms with Gasteiger partial charge in [0, 0.05) is 18.5 Å². The molecule has 0 aromatic rings. The summed E-state index contributed by atoms with van der Waals surface area (Å²) in [6, 6.07) is 0. The van der Waals surface area contributed by atoms with Gasteiger partial charge >= 0.3 is 0 Å². The molecule has 0 N–H and O–H groups in total. The van der Waals surface area contributed by atoms with Crippen LogP contribution >= 0.6 is 11.6 Å². The van der Waals surface area contributed by atoms with Gasteiger partial charge in [0.2, 0.25) is 0 Å². The Bertz CT molecular complexity index is 130. The third-order valence-electron chi connectivity index (χ3n) is 2.56. The van der Waals surface area contributed by atoms with Crippen molar-refractivity contribution in [3.05, 3.63) is 0 Å². The number of halogens is 2. The lowest BCUT2D eigenvalue weighted by Crippen LogP contribution is -2.40. The predicted octanol–water partition coefficient (Wildman–Crippen LogP) is 2.30. The molecule has 12 heavy (non-hydrogen) atoms. The first-order valence-electron chi connectivity index (χ1n) is 4.66. The number of piperidine rings is 1. The summed E-state index contributed by atoms with van der Waals surface area (Å²) in [5.74, 6) is 0.619. The van der Waals surface area contributed by atoms with Crippen molar-refractivity contribution < 1.29 is 4.39 Å². The van der Waals surface area contributed by atoms with E-state index >= 15 is 0 Å². The van der Waals surface area contributed by atoms with E-state index < -0.39 is 0 Å². The molecule has 72 valence electrons. The maximum atomic E-state index is 11.9. The molecule has 1 aliphatic rings. The predicted molar refractivity (Wildman–Crippen MR) is 50.5 cm³/mol. The van der Waals surface area contributed by atoms with Crippen molar-refractivity contribution in [3.63, 3.8) is 0 Å². The molecule has 0 aromatic heterocycles. The lowest BCUT2D eigenvalue weighted by atomic mass is 9.98. The van der Waals surface area contributed by atoms with E-state index in [1.54, 1.807) is 0 Å². The maximum absolute atomic E-state index is 11.9. The smallest absolute Gasteiger partial charge is 0.0906 e. The number of likely N-dealkylation sites (tertiary alicyclic amines) is 1. The second-order valence-corrected chi connectivity index (χ2v) is 4.19. The molecule has 0 saturated carbocycles. The Balaban J connectivity index is 2.21. The molecule has 0 amide bonds. The zero-order valence-electron chi connectivity index (χ0n) is 7.60. The average molecular weight is 194 g/mol. The van der Waals surface area contributed by atoms with Crippen LogP contribution in [0.25, 0.3) is 0 Å². The monoisotopic (exact) mass is 193 g/mol. The van der Waals surface area contributed by atoms with E-state index in [0.29, 0.717) is 12.3 Å². The van der Waals surface area contributed by atoms with Gasteiger partial charge in [0.25, 0.3) is 0 Å². The highest BCUT2D eigenvalue weighted by Crippen LogP contribution is 2.21. The van der Waals surface area contributed by atoms with E-state index in [-0.39, 0.29) is 12.1 Å². The standard InChI is InChI=1S/C9H17ClFN/c1-8-3-6-12(5-2-4-11)7-9(8)10/h8-9H,2-7H2,1H3. The van der Waals surface area contributed by atoms with Crippen LogP contribution in [-0.4, -0.2) is 36.6 Å². The van der Waals surface area contributed by atoms with Crippen LogP contribution in [0.4, 0.5) is 4.39 Å². The fourth-order valence-electron chi connectivity index (χ4n) is 1.57. The Morgan fingerprint density at radius 3 is 2.92 bits per heavy atom. The number of alkyl halides is 2. The molecule has 1 nitrogen and oxygen atoms in total. The second kappa shape index (κ2) is 5.03. The summed E-state index contributed by atoms with van der Waals surface area (Å²) < 4.78 is 11.9. The van der Waals surface area contributed by atoms with Crippen LogP contribution in [0.3, 0.4) is 0 Å². The van der Waals surface area contributed by atoms with Gasteiger partial charge in [-0.05, 0) is 25.3 Å². The van der Waals surface area contributed by atoms with Crippen LogP contribution in [0.1, 0.15) is 19.8 Å². The van der Waals surface area contributed by atoms with E-state index in [4.69, 9.17) is 11.6 Å². The SMILES string of the molecule is CC1CCN(CCCF)CC1Cl. The van der Waals surface area contributed by atoms with Crippen LogP contribution in [0.5, 0.6) is 0 Å². The molecule has 0 aliphatic carbocycles. The topological polar surface area (TPSA) is 3.24 Å². The number of nitrogens with zero attached hydrogens (tertiary/aromatic N) is 1. The van der Waals surface area contributed by atoms with Crippen molar-refractivity contribution in [2.45, 2.75) is 25.1 Å². The Kier molecular flexibility index (Phi) is 4.30. The van der Waals surface area contributed by atoms with Crippen molar-refractivity contribution in [1.82, 2.24) is 4.90 Å². The fourth-order valence-corrected chi connectivity index (χ4v) is 1.89. The van der Waals surface area contributed by atoms with Gasteiger partial charge in [0.1, 0.15) is 0 Å². The van der Waals surface area contributed by atoms with Crippen LogP contribution in [0, 0.1) is 5.92 Å². The minimum absolute atomic E-state index is 0.209. The molecule has 1 fully saturated rings. The van der Waals surface area contributed by atoms with Gasteiger partial charge in [-0.25, -0.2) is 0 Å². The highest BCUT2D eigenvalue weighted by molar-refractivity contribution is 6.21. The summed E-state index contributed by atoms with van der Waals surface area (Å²) in [6.45, 7) is 4.86. The normalized spacial score (nSPS) is 32.2. The van der Waals surface area contributed by atoms with E-state index in [1.807, 2.05) is 0 Å². The van der Waals surface area contributed by atoms with Crippen molar-refractivity contribution in [1.29, 1.82) is 0 Å². The first kappa shape index (κ1) is 10.3. The van der Waals surface area contributed by atoms with Gasteiger partial charge in [-0.15, -0.1) is 11.6 Å². The highest BCUT2D eigenvalue weighted by atomic mass is 35.5. The highest BCUT2D eigenvalue weighted by Gasteiger charge is 2.23. The molecule has 1 saturated heterocycles. The second-order valence-electron chi connectivity index (χ2n) is 3.63. The first-order chi connectivity index (χ1) is 5.74. The molecule has 0 spiro atoms. The summed E-state index contributed by atoms with van der Waals surface area (Å²) in [5.41, 5.74) is 0. The van der Waals surface area contributed by atoms with Gasteiger partial charge < -0.3 is 4.90 Å². The Labute approximate surface area is 78.9 Å². The third-order valence-corrected chi connectivity index (χ3v) is 3.13. The van der Waals surface area contributed by atoms with Gasteiger partial charge in [-0.1, -0.05) is 6.92 Å². The molecule has 2 unspecified atom stereocenters. The molecule has 1 aliphatic heterocycles. The quantitative estimate of drug-likeness (QED) is 0.622. The zero-order chi connectivity index (χ0) is 8.97. The van der Waals surface area contributed by atoms with Gasteiger partial charge in [-0.3, -0.25) is 4.39 Å². The van der Waals surface area contributed by atoms with Crippen molar-refractivity contribution in [2.24, 2.45) is 5.92 Å². The number of hydrogen-bond donors (Lipinski definition) is 0. The van der Waals surface area contributed by atoms with Crippen LogP contribution in [0.2, 0.25) is 0 Å². The Morgan fingerprint density at radius 1 is 1.58 bits per heavy atom. The molecule has 0 radical (unpaired) electrons. The van der Waals surface area contributed by atoms with Crippen molar-refractivity contribution in [2.75, 3.05) is 26.3 Å². The first-order valence-corrected chi connectivity index (χ1v) is 5.10. The minimum Gasteiger partial charge on any atom is -0.302 e. The van der Waals surface area contributed by atoms with Crippen LogP contribution in [0.15, 0.2) is 0 Å². The summed E-state index contributed by atoms with van der Waals surface area (Å²) in [6.07, 6.45) is 1.80. The summed E-state index contributed by atoms with van der Waals surface area (Å²) in [5, 5.41) is 0.262. The Morgan fingerprint density at radius 2 is 2.33 bits per heavy atom. The lowest BCUT2D eigenvalue weighted by molar-refractivity contribution is 0.190.